The Labute approximate surface area is 223 Å². The van der Waals surface area contributed by atoms with E-state index in [-0.39, 0.29) is 18.5 Å². The molecular formula is C27H36BrN3O4S. The summed E-state index contributed by atoms with van der Waals surface area (Å²) in [6.45, 7) is 5.19. The summed E-state index contributed by atoms with van der Waals surface area (Å²) in [5, 5.41) is 3.11. The van der Waals surface area contributed by atoms with Crippen molar-refractivity contribution in [2.75, 3.05) is 17.1 Å². The summed E-state index contributed by atoms with van der Waals surface area (Å²) in [5.41, 5.74) is 2.95. The minimum absolute atomic E-state index is 0.110. The molecule has 2 aromatic carbocycles. The van der Waals surface area contributed by atoms with Gasteiger partial charge in [-0.3, -0.25) is 13.9 Å². The minimum atomic E-state index is -3.76. The van der Waals surface area contributed by atoms with Crippen molar-refractivity contribution in [1.82, 2.24) is 10.2 Å². The van der Waals surface area contributed by atoms with E-state index < -0.39 is 28.5 Å². The fraction of sp³-hybridized carbons (Fsp3) is 0.481. The Bertz CT molecular complexity index is 1200. The first-order chi connectivity index (χ1) is 17.0. The Balaban J connectivity index is 1.90. The molecule has 1 aliphatic rings. The van der Waals surface area contributed by atoms with Crippen LogP contribution in [0.2, 0.25) is 0 Å². The number of nitrogens with zero attached hydrogens (tertiary/aromatic N) is 2. The molecule has 1 N–H and O–H groups in total. The van der Waals surface area contributed by atoms with Gasteiger partial charge in [-0.1, -0.05) is 59.5 Å². The number of aryl methyl sites for hydroxylation is 2. The Hall–Kier alpha value is -2.39. The molecule has 1 saturated carbocycles. The number of rotatable bonds is 9. The molecule has 0 heterocycles. The van der Waals surface area contributed by atoms with Crippen molar-refractivity contribution >= 4 is 43.5 Å². The quantitative estimate of drug-likeness (QED) is 0.468. The van der Waals surface area contributed by atoms with Gasteiger partial charge in [0.05, 0.1) is 11.9 Å². The molecular weight excluding hydrogens is 542 g/mol. The van der Waals surface area contributed by atoms with E-state index in [1.165, 1.54) is 11.3 Å². The lowest BCUT2D eigenvalue weighted by Gasteiger charge is -2.33. The number of nitrogens with one attached hydrogen (secondary N) is 1. The third kappa shape index (κ3) is 7.56. The van der Waals surface area contributed by atoms with Gasteiger partial charge in [-0.25, -0.2) is 8.42 Å². The SMILES string of the molecule is Cc1ccc(C)c(N(CC(=O)N(Cc2cccc(Br)c2)[C@H](C)C(=O)NC2CCCCC2)S(C)(=O)=O)c1. The molecule has 0 unspecified atom stereocenters. The predicted octanol–water partition coefficient (Wildman–Crippen LogP) is 4.70. The molecule has 2 amide bonds. The van der Waals surface area contributed by atoms with Crippen molar-refractivity contribution in [2.45, 2.75) is 71.5 Å². The van der Waals surface area contributed by atoms with Gasteiger partial charge in [0, 0.05) is 17.1 Å². The van der Waals surface area contributed by atoms with Gasteiger partial charge in [-0.05, 0) is 68.5 Å². The third-order valence-corrected chi connectivity index (χ3v) is 8.29. The first kappa shape index (κ1) is 28.2. The smallest absolute Gasteiger partial charge is 0.244 e. The van der Waals surface area contributed by atoms with Gasteiger partial charge >= 0.3 is 0 Å². The van der Waals surface area contributed by atoms with Crippen LogP contribution in [0.3, 0.4) is 0 Å². The summed E-state index contributed by atoms with van der Waals surface area (Å²) in [7, 11) is -3.76. The number of carbonyl (C=O) groups excluding carboxylic acids is 2. The number of hydrogen-bond donors (Lipinski definition) is 1. The van der Waals surface area contributed by atoms with Crippen molar-refractivity contribution in [1.29, 1.82) is 0 Å². The molecule has 1 atom stereocenters. The van der Waals surface area contributed by atoms with Crippen LogP contribution < -0.4 is 9.62 Å². The summed E-state index contributed by atoms with van der Waals surface area (Å²) in [6.07, 6.45) is 6.31. The van der Waals surface area contributed by atoms with Crippen LogP contribution in [0.1, 0.15) is 55.7 Å². The second kappa shape index (κ2) is 12.2. The molecule has 0 saturated heterocycles. The Morgan fingerprint density at radius 2 is 1.78 bits per heavy atom. The molecule has 196 valence electrons. The topological polar surface area (TPSA) is 86.8 Å². The normalized spacial score (nSPS) is 15.2. The predicted molar refractivity (Wildman–Crippen MR) is 147 cm³/mol. The van der Waals surface area contributed by atoms with Gasteiger partial charge in [0.1, 0.15) is 12.6 Å². The molecule has 9 heteroatoms. The maximum Gasteiger partial charge on any atom is 0.244 e. The highest BCUT2D eigenvalue weighted by Gasteiger charge is 2.31. The fourth-order valence-electron chi connectivity index (χ4n) is 4.57. The van der Waals surface area contributed by atoms with E-state index in [4.69, 9.17) is 0 Å². The van der Waals surface area contributed by atoms with E-state index in [9.17, 15) is 18.0 Å². The number of benzene rings is 2. The lowest BCUT2D eigenvalue weighted by Crippen LogP contribution is -2.53. The molecule has 0 radical (unpaired) electrons. The number of hydrogen-bond acceptors (Lipinski definition) is 4. The fourth-order valence-corrected chi connectivity index (χ4v) is 5.91. The lowest BCUT2D eigenvalue weighted by atomic mass is 9.95. The molecule has 0 spiro atoms. The number of anilines is 1. The second-order valence-corrected chi connectivity index (χ2v) is 12.6. The zero-order chi connectivity index (χ0) is 26.5. The van der Waals surface area contributed by atoms with E-state index in [1.807, 2.05) is 50.2 Å². The maximum atomic E-state index is 13.7. The van der Waals surface area contributed by atoms with Gasteiger partial charge in [-0.15, -0.1) is 0 Å². The largest absolute Gasteiger partial charge is 0.352 e. The van der Waals surface area contributed by atoms with E-state index in [2.05, 4.69) is 21.2 Å². The van der Waals surface area contributed by atoms with Gasteiger partial charge in [0.2, 0.25) is 21.8 Å². The standard InChI is InChI=1S/C27H36BrN3O4S/c1-19-13-14-20(2)25(15-19)31(36(4,34)35)18-26(32)30(17-22-9-8-10-23(28)16-22)21(3)27(33)29-24-11-6-5-7-12-24/h8-10,13-16,21,24H,5-7,11-12,17-18H2,1-4H3,(H,29,33)/t21-/m1/s1. The number of carbonyl (C=O) groups is 2. The van der Waals surface area contributed by atoms with Gasteiger partial charge in [0.25, 0.3) is 0 Å². The van der Waals surface area contributed by atoms with Crippen molar-refractivity contribution in [3.63, 3.8) is 0 Å². The van der Waals surface area contributed by atoms with Crippen LogP contribution in [0, 0.1) is 13.8 Å². The molecule has 1 aliphatic carbocycles. The van der Waals surface area contributed by atoms with Crippen LogP contribution in [0.25, 0.3) is 0 Å². The monoisotopic (exact) mass is 577 g/mol. The molecule has 0 aliphatic heterocycles. The molecule has 7 nitrogen and oxygen atoms in total. The second-order valence-electron chi connectivity index (χ2n) is 9.73. The highest BCUT2D eigenvalue weighted by molar-refractivity contribution is 9.10. The van der Waals surface area contributed by atoms with Crippen LogP contribution in [0.4, 0.5) is 5.69 Å². The van der Waals surface area contributed by atoms with Crippen LogP contribution >= 0.6 is 15.9 Å². The van der Waals surface area contributed by atoms with Gasteiger partial charge in [-0.2, -0.15) is 0 Å². The Kier molecular flexibility index (Phi) is 9.58. The third-order valence-electron chi connectivity index (χ3n) is 6.67. The summed E-state index contributed by atoms with van der Waals surface area (Å²) in [4.78, 5) is 28.4. The highest BCUT2D eigenvalue weighted by atomic mass is 79.9. The Morgan fingerprint density at radius 3 is 2.42 bits per heavy atom. The van der Waals surface area contributed by atoms with E-state index >= 15 is 0 Å². The maximum absolute atomic E-state index is 13.7. The van der Waals surface area contributed by atoms with Crippen LogP contribution in [-0.4, -0.2) is 50.0 Å². The summed E-state index contributed by atoms with van der Waals surface area (Å²) in [6, 6.07) is 12.4. The molecule has 36 heavy (non-hydrogen) atoms. The van der Waals surface area contributed by atoms with Crippen molar-refractivity contribution in [3.05, 3.63) is 63.6 Å². The molecule has 2 aromatic rings. The van der Waals surface area contributed by atoms with Gasteiger partial charge < -0.3 is 10.2 Å². The summed E-state index contributed by atoms with van der Waals surface area (Å²) < 4.78 is 27.6. The van der Waals surface area contributed by atoms with Crippen molar-refractivity contribution in [2.24, 2.45) is 0 Å². The minimum Gasteiger partial charge on any atom is -0.352 e. The van der Waals surface area contributed by atoms with E-state index in [1.54, 1.807) is 13.0 Å². The first-order valence-corrected chi connectivity index (χ1v) is 15.0. The van der Waals surface area contributed by atoms with Crippen molar-refractivity contribution in [3.8, 4) is 0 Å². The molecule has 0 aromatic heterocycles. The summed E-state index contributed by atoms with van der Waals surface area (Å²) >= 11 is 3.46. The number of halogens is 1. The summed E-state index contributed by atoms with van der Waals surface area (Å²) in [5.74, 6) is -0.657. The zero-order valence-electron chi connectivity index (χ0n) is 21.5. The number of sulfonamides is 1. The van der Waals surface area contributed by atoms with Crippen LogP contribution in [0.15, 0.2) is 46.9 Å². The number of amides is 2. The molecule has 1 fully saturated rings. The van der Waals surface area contributed by atoms with E-state index in [0.29, 0.717) is 5.69 Å². The highest BCUT2D eigenvalue weighted by Crippen LogP contribution is 2.25. The average Bonchev–Trinajstić information content (AvgIpc) is 2.82. The average molecular weight is 579 g/mol. The first-order valence-electron chi connectivity index (χ1n) is 12.3. The van der Waals surface area contributed by atoms with Crippen LogP contribution in [0.5, 0.6) is 0 Å². The Morgan fingerprint density at radius 1 is 1.08 bits per heavy atom. The van der Waals surface area contributed by atoms with Crippen molar-refractivity contribution < 1.29 is 18.0 Å². The van der Waals surface area contributed by atoms with E-state index in [0.717, 1.165) is 57.4 Å². The lowest BCUT2D eigenvalue weighted by molar-refractivity contribution is -0.139. The molecule has 0 bridgehead atoms. The van der Waals surface area contributed by atoms with Gasteiger partial charge in [0.15, 0.2) is 0 Å². The van der Waals surface area contributed by atoms with Crippen LogP contribution in [-0.2, 0) is 26.2 Å². The zero-order valence-corrected chi connectivity index (χ0v) is 23.9. The molecule has 3 rings (SSSR count).